The van der Waals surface area contributed by atoms with Crippen LogP contribution in [0.3, 0.4) is 0 Å². The molecule has 1 aliphatic rings. The van der Waals surface area contributed by atoms with Gasteiger partial charge in [-0.1, -0.05) is 11.3 Å². The Morgan fingerprint density at radius 3 is 2.72 bits per heavy atom. The van der Waals surface area contributed by atoms with Crippen LogP contribution in [-0.2, 0) is 5.41 Å². The molecule has 9 heteroatoms. The third-order valence-corrected chi connectivity index (χ3v) is 5.90. The van der Waals surface area contributed by atoms with Crippen LogP contribution in [0.5, 0.6) is 0 Å². The topological polar surface area (TPSA) is 98.3 Å². The molecule has 0 spiro atoms. The Hall–Kier alpha value is -3.43. The molecule has 1 N–H and O–H groups in total. The minimum absolute atomic E-state index is 0.183. The number of nitrogens with zero attached hydrogens (tertiary/aromatic N) is 5. The van der Waals surface area contributed by atoms with Gasteiger partial charge in [-0.25, -0.2) is 8.78 Å². The van der Waals surface area contributed by atoms with E-state index in [9.17, 15) is 14.0 Å². The summed E-state index contributed by atoms with van der Waals surface area (Å²) in [6, 6.07) is 11.7. The molecular weight excluding hydrogens is 394 g/mol. The number of hydrogen-bond acceptors (Lipinski definition) is 7. The van der Waals surface area contributed by atoms with E-state index in [-0.39, 0.29) is 25.1 Å². The first kappa shape index (κ1) is 18.9. The van der Waals surface area contributed by atoms with Gasteiger partial charge in [0.2, 0.25) is 5.13 Å². The van der Waals surface area contributed by atoms with Gasteiger partial charge < -0.3 is 5.32 Å². The fraction of sp³-hybridized carbons (Fsp3) is 0.250. The molecule has 0 amide bonds. The Morgan fingerprint density at radius 2 is 2.03 bits per heavy atom. The molecule has 0 bridgehead atoms. The Kier molecular flexibility index (Phi) is 4.91. The van der Waals surface area contributed by atoms with E-state index >= 15 is 0 Å². The Morgan fingerprint density at radius 1 is 1.21 bits per heavy atom. The van der Waals surface area contributed by atoms with E-state index in [1.807, 2.05) is 6.07 Å². The zero-order valence-electron chi connectivity index (χ0n) is 15.1. The maximum atomic E-state index is 14.2. The summed E-state index contributed by atoms with van der Waals surface area (Å²) in [6.07, 6.45) is 0.876. The Bertz CT molecular complexity index is 1140. The van der Waals surface area contributed by atoms with Gasteiger partial charge in [-0.05, 0) is 43.2 Å². The highest BCUT2D eigenvalue weighted by Crippen LogP contribution is 2.45. The largest absolute Gasteiger partial charge is 0.359 e. The number of nitrogens with one attached hydrogen (secondary N) is 1. The second-order valence-electron chi connectivity index (χ2n) is 6.87. The van der Waals surface area contributed by atoms with Gasteiger partial charge >= 0.3 is 0 Å². The molecule has 0 radical (unpaired) electrons. The highest BCUT2D eigenvalue weighted by Gasteiger charge is 2.48. The molecule has 0 aliphatic heterocycles. The molecular formula is C20H14F2N6S. The number of nitriles is 2. The highest BCUT2D eigenvalue weighted by molar-refractivity contribution is 7.18. The number of anilines is 1. The number of pyridine rings is 1. The van der Waals surface area contributed by atoms with Crippen molar-refractivity contribution in [2.75, 3.05) is 11.9 Å². The first-order chi connectivity index (χ1) is 14.0. The molecule has 4 rings (SSSR count). The van der Waals surface area contributed by atoms with Gasteiger partial charge in [0.25, 0.3) is 0 Å². The van der Waals surface area contributed by atoms with Crippen molar-refractivity contribution in [1.29, 1.82) is 10.5 Å². The molecule has 6 nitrogen and oxygen atoms in total. The zero-order chi connectivity index (χ0) is 20.4. The standard InChI is InChI=1S/C20H14F2N6S/c21-14-7-20(8-14,17-16(22)2-1-5-25-17)11-26-19-28-27-18(29-19)15-6-12(9-23)3-4-13(15)10-24/h1-6,14H,7-8,11H2,(H,26,28)/t14-,20-. The van der Waals surface area contributed by atoms with Crippen molar-refractivity contribution >= 4 is 16.5 Å². The summed E-state index contributed by atoms with van der Waals surface area (Å²) in [5, 5.41) is 30.6. The van der Waals surface area contributed by atoms with Crippen molar-refractivity contribution in [3.8, 4) is 22.7 Å². The van der Waals surface area contributed by atoms with E-state index in [0.29, 0.717) is 26.8 Å². The van der Waals surface area contributed by atoms with Gasteiger partial charge in [-0.2, -0.15) is 10.5 Å². The van der Waals surface area contributed by atoms with E-state index < -0.39 is 17.4 Å². The van der Waals surface area contributed by atoms with Crippen molar-refractivity contribution < 1.29 is 8.78 Å². The number of hydrogen-bond donors (Lipinski definition) is 1. The molecule has 0 atom stereocenters. The summed E-state index contributed by atoms with van der Waals surface area (Å²) in [6.45, 7) is 0.263. The Labute approximate surface area is 169 Å². The minimum atomic E-state index is -0.991. The molecule has 1 aromatic carbocycles. The SMILES string of the molecule is N#Cc1ccc(C#N)c(-c2nnc(NC[C@]3(c4ncccc4F)C[C@H](F)C3)s2)c1. The number of alkyl halides is 1. The lowest BCUT2D eigenvalue weighted by atomic mass is 9.65. The predicted molar refractivity (Wildman–Crippen MR) is 103 cm³/mol. The summed E-state index contributed by atoms with van der Waals surface area (Å²) in [5.74, 6) is -0.453. The lowest BCUT2D eigenvalue weighted by molar-refractivity contribution is 0.0965. The molecule has 1 fully saturated rings. The number of halogens is 2. The third kappa shape index (κ3) is 3.53. The van der Waals surface area contributed by atoms with Crippen LogP contribution in [-0.4, -0.2) is 27.9 Å². The first-order valence-electron chi connectivity index (χ1n) is 8.82. The lowest BCUT2D eigenvalue weighted by Crippen LogP contribution is -2.48. The van der Waals surface area contributed by atoms with Crippen molar-refractivity contribution in [3.05, 3.63) is 59.2 Å². The monoisotopic (exact) mass is 408 g/mol. The molecule has 3 aromatic rings. The number of aromatic nitrogens is 3. The third-order valence-electron chi connectivity index (χ3n) is 4.99. The number of rotatable bonds is 5. The molecule has 2 heterocycles. The maximum absolute atomic E-state index is 14.2. The van der Waals surface area contributed by atoms with E-state index in [0.717, 1.165) is 0 Å². The van der Waals surface area contributed by atoms with Gasteiger partial charge in [0, 0.05) is 23.7 Å². The van der Waals surface area contributed by atoms with Crippen LogP contribution in [0.1, 0.15) is 29.7 Å². The molecule has 144 valence electrons. The molecule has 2 aromatic heterocycles. The van der Waals surface area contributed by atoms with Crippen LogP contribution in [0.15, 0.2) is 36.5 Å². The summed E-state index contributed by atoms with van der Waals surface area (Å²) < 4.78 is 27.9. The molecule has 0 saturated heterocycles. The Balaban J connectivity index is 1.57. The van der Waals surface area contributed by atoms with E-state index in [1.165, 1.54) is 29.7 Å². The van der Waals surface area contributed by atoms with Crippen LogP contribution in [0, 0.1) is 28.5 Å². The summed E-state index contributed by atoms with van der Waals surface area (Å²) >= 11 is 1.21. The summed E-state index contributed by atoms with van der Waals surface area (Å²) in [4.78, 5) is 4.13. The van der Waals surface area contributed by atoms with Crippen molar-refractivity contribution in [1.82, 2.24) is 15.2 Å². The maximum Gasteiger partial charge on any atom is 0.206 e. The quantitative estimate of drug-likeness (QED) is 0.686. The number of benzene rings is 1. The van der Waals surface area contributed by atoms with E-state index in [2.05, 4.69) is 26.6 Å². The van der Waals surface area contributed by atoms with Gasteiger partial charge in [0.15, 0.2) is 5.01 Å². The van der Waals surface area contributed by atoms with Crippen molar-refractivity contribution in [2.24, 2.45) is 0 Å². The van der Waals surface area contributed by atoms with Crippen LogP contribution in [0.2, 0.25) is 0 Å². The van der Waals surface area contributed by atoms with E-state index in [4.69, 9.17) is 5.26 Å². The lowest BCUT2D eigenvalue weighted by Gasteiger charge is -2.43. The molecule has 1 aliphatic carbocycles. The second-order valence-corrected chi connectivity index (χ2v) is 7.85. The minimum Gasteiger partial charge on any atom is -0.359 e. The first-order valence-corrected chi connectivity index (χ1v) is 9.63. The smallest absolute Gasteiger partial charge is 0.206 e. The molecule has 0 unspecified atom stereocenters. The van der Waals surface area contributed by atoms with Gasteiger partial charge in [-0.15, -0.1) is 10.2 Å². The average molecular weight is 408 g/mol. The van der Waals surface area contributed by atoms with Crippen LogP contribution < -0.4 is 5.32 Å². The van der Waals surface area contributed by atoms with Crippen molar-refractivity contribution in [2.45, 2.75) is 24.4 Å². The van der Waals surface area contributed by atoms with Crippen LogP contribution in [0.25, 0.3) is 10.6 Å². The summed E-state index contributed by atoms with van der Waals surface area (Å²) in [5.41, 5.74) is 0.833. The molecule has 29 heavy (non-hydrogen) atoms. The fourth-order valence-electron chi connectivity index (χ4n) is 3.52. The van der Waals surface area contributed by atoms with E-state index in [1.54, 1.807) is 18.2 Å². The van der Waals surface area contributed by atoms with Crippen LogP contribution in [0.4, 0.5) is 13.9 Å². The molecule has 1 saturated carbocycles. The summed E-state index contributed by atoms with van der Waals surface area (Å²) in [7, 11) is 0. The van der Waals surface area contributed by atoms with Crippen LogP contribution >= 0.6 is 11.3 Å². The normalized spacial score (nSPS) is 20.3. The average Bonchev–Trinajstić information content (AvgIpc) is 3.19. The second kappa shape index (κ2) is 7.53. The van der Waals surface area contributed by atoms with Gasteiger partial charge in [0.05, 0.1) is 29.0 Å². The van der Waals surface area contributed by atoms with Gasteiger partial charge in [-0.3, -0.25) is 4.98 Å². The fourth-order valence-corrected chi connectivity index (χ4v) is 4.29. The predicted octanol–water partition coefficient (Wildman–Crippen LogP) is 3.96. The van der Waals surface area contributed by atoms with Gasteiger partial charge in [0.1, 0.15) is 12.0 Å². The highest BCUT2D eigenvalue weighted by atomic mass is 32.1. The zero-order valence-corrected chi connectivity index (χ0v) is 15.9. The van der Waals surface area contributed by atoms with Crippen molar-refractivity contribution in [3.63, 3.8) is 0 Å².